The van der Waals surface area contributed by atoms with E-state index < -0.39 is 29.7 Å². The second-order valence-electron chi connectivity index (χ2n) is 6.07. The van der Waals surface area contributed by atoms with Crippen LogP contribution in [0.2, 0.25) is 5.02 Å². The number of benzene rings is 2. The highest BCUT2D eigenvalue weighted by atomic mass is 35.5. The number of carboxylic acids is 1. The van der Waals surface area contributed by atoms with E-state index in [0.717, 1.165) is 17.7 Å². The predicted molar refractivity (Wildman–Crippen MR) is 94.5 cm³/mol. The molecule has 2 aromatic rings. The maximum absolute atomic E-state index is 12.8. The number of halogens is 4. The molecule has 0 heterocycles. The van der Waals surface area contributed by atoms with Gasteiger partial charge in [-0.05, 0) is 35.7 Å². The van der Waals surface area contributed by atoms with Crippen molar-refractivity contribution in [1.82, 2.24) is 5.32 Å². The zero-order chi connectivity index (χ0) is 20.0. The number of hydrogen-bond acceptors (Lipinski definition) is 2. The van der Waals surface area contributed by atoms with Gasteiger partial charge in [0.2, 0.25) is 5.91 Å². The minimum absolute atomic E-state index is 0.197. The van der Waals surface area contributed by atoms with E-state index in [1.54, 1.807) is 24.3 Å². The quantitative estimate of drug-likeness (QED) is 0.736. The molecule has 0 aromatic heterocycles. The number of hydrogen-bond donors (Lipinski definition) is 2. The van der Waals surface area contributed by atoms with Gasteiger partial charge in [0.05, 0.1) is 18.4 Å². The molecule has 2 N–H and O–H groups in total. The van der Waals surface area contributed by atoms with Crippen LogP contribution in [0.3, 0.4) is 0 Å². The monoisotopic (exact) mass is 399 g/mol. The minimum atomic E-state index is -4.49. The average Bonchev–Trinajstić information content (AvgIpc) is 2.55. The van der Waals surface area contributed by atoms with Crippen LogP contribution in [0, 0.1) is 0 Å². The van der Waals surface area contributed by atoms with Crippen molar-refractivity contribution in [3.63, 3.8) is 0 Å². The van der Waals surface area contributed by atoms with Gasteiger partial charge in [-0.15, -0.1) is 0 Å². The molecule has 0 bridgehead atoms. The SMILES string of the molecule is O=C(O)C[C@H](Cc1ccc(Cl)cc1)NC(=O)Cc1cccc(C(F)(F)F)c1. The molecule has 2 rings (SSSR count). The lowest BCUT2D eigenvalue weighted by molar-refractivity contribution is -0.138. The van der Waals surface area contributed by atoms with Gasteiger partial charge in [-0.2, -0.15) is 13.2 Å². The first-order valence-electron chi connectivity index (χ1n) is 8.05. The molecule has 1 atom stereocenters. The lowest BCUT2D eigenvalue weighted by Gasteiger charge is -2.17. The van der Waals surface area contributed by atoms with E-state index in [1.807, 2.05) is 0 Å². The van der Waals surface area contributed by atoms with Crippen LogP contribution in [0.5, 0.6) is 0 Å². The summed E-state index contributed by atoms with van der Waals surface area (Å²) >= 11 is 5.81. The highest BCUT2D eigenvalue weighted by Crippen LogP contribution is 2.29. The van der Waals surface area contributed by atoms with E-state index in [9.17, 15) is 22.8 Å². The van der Waals surface area contributed by atoms with Crippen molar-refractivity contribution in [3.8, 4) is 0 Å². The van der Waals surface area contributed by atoms with Crippen LogP contribution in [0.4, 0.5) is 13.2 Å². The molecular formula is C19H17ClF3NO3. The molecule has 0 spiro atoms. The molecule has 4 nitrogen and oxygen atoms in total. The molecule has 0 aliphatic carbocycles. The number of carbonyl (C=O) groups is 2. The van der Waals surface area contributed by atoms with Crippen molar-refractivity contribution in [2.45, 2.75) is 31.5 Å². The van der Waals surface area contributed by atoms with E-state index in [0.29, 0.717) is 5.02 Å². The molecule has 2 aromatic carbocycles. The van der Waals surface area contributed by atoms with E-state index in [2.05, 4.69) is 5.32 Å². The van der Waals surface area contributed by atoms with Gasteiger partial charge in [0.25, 0.3) is 0 Å². The van der Waals surface area contributed by atoms with Gasteiger partial charge >= 0.3 is 12.1 Å². The Labute approximate surface area is 159 Å². The Morgan fingerprint density at radius 1 is 1.07 bits per heavy atom. The number of nitrogens with one attached hydrogen (secondary N) is 1. The van der Waals surface area contributed by atoms with Gasteiger partial charge in [-0.3, -0.25) is 9.59 Å². The van der Waals surface area contributed by atoms with Gasteiger partial charge in [0, 0.05) is 11.1 Å². The topological polar surface area (TPSA) is 66.4 Å². The number of carboxylic acid groups (broad SMARTS) is 1. The van der Waals surface area contributed by atoms with Crippen molar-refractivity contribution in [1.29, 1.82) is 0 Å². The summed E-state index contributed by atoms with van der Waals surface area (Å²) in [5.74, 6) is -1.64. The van der Waals surface area contributed by atoms with Gasteiger partial charge < -0.3 is 10.4 Å². The zero-order valence-corrected chi connectivity index (χ0v) is 14.8. The van der Waals surface area contributed by atoms with E-state index in [1.165, 1.54) is 12.1 Å². The van der Waals surface area contributed by atoms with Crippen LogP contribution >= 0.6 is 11.6 Å². The summed E-state index contributed by atoms with van der Waals surface area (Å²) < 4.78 is 38.3. The Kier molecular flexibility index (Phi) is 6.85. The second kappa shape index (κ2) is 8.90. The Morgan fingerprint density at radius 3 is 2.33 bits per heavy atom. The highest BCUT2D eigenvalue weighted by Gasteiger charge is 2.30. The van der Waals surface area contributed by atoms with Gasteiger partial charge in [-0.1, -0.05) is 41.9 Å². The van der Waals surface area contributed by atoms with Crippen LogP contribution in [-0.4, -0.2) is 23.0 Å². The molecule has 0 saturated carbocycles. The van der Waals surface area contributed by atoms with Crippen LogP contribution in [0.1, 0.15) is 23.1 Å². The molecule has 0 aliphatic rings. The number of carbonyl (C=O) groups excluding carboxylic acids is 1. The van der Waals surface area contributed by atoms with E-state index in [4.69, 9.17) is 16.7 Å². The molecule has 0 unspecified atom stereocenters. The zero-order valence-electron chi connectivity index (χ0n) is 14.1. The third-order valence-corrected chi connectivity index (χ3v) is 4.05. The third-order valence-electron chi connectivity index (χ3n) is 3.80. The Bertz CT molecular complexity index is 807. The number of aliphatic carboxylic acids is 1. The van der Waals surface area contributed by atoms with Gasteiger partial charge in [0.15, 0.2) is 0 Å². The average molecular weight is 400 g/mol. The summed E-state index contributed by atoms with van der Waals surface area (Å²) in [6.45, 7) is 0. The highest BCUT2D eigenvalue weighted by molar-refractivity contribution is 6.30. The smallest absolute Gasteiger partial charge is 0.416 e. The molecule has 0 aliphatic heterocycles. The van der Waals surface area contributed by atoms with Crippen LogP contribution in [0.15, 0.2) is 48.5 Å². The molecule has 27 heavy (non-hydrogen) atoms. The summed E-state index contributed by atoms with van der Waals surface area (Å²) in [5, 5.41) is 12.2. The fourth-order valence-corrected chi connectivity index (χ4v) is 2.74. The van der Waals surface area contributed by atoms with Crippen LogP contribution in [-0.2, 0) is 28.6 Å². The summed E-state index contributed by atoms with van der Waals surface area (Å²) in [7, 11) is 0. The molecule has 1 amide bonds. The largest absolute Gasteiger partial charge is 0.481 e. The van der Waals surface area contributed by atoms with Crippen molar-refractivity contribution in [3.05, 3.63) is 70.2 Å². The van der Waals surface area contributed by atoms with E-state index >= 15 is 0 Å². The number of rotatable bonds is 7. The molecule has 0 saturated heterocycles. The first-order chi connectivity index (χ1) is 12.6. The lowest BCUT2D eigenvalue weighted by atomic mass is 10.0. The summed E-state index contributed by atoms with van der Waals surface area (Å²) in [4.78, 5) is 23.3. The fourth-order valence-electron chi connectivity index (χ4n) is 2.61. The Balaban J connectivity index is 2.05. The Hall–Kier alpha value is -2.54. The second-order valence-corrected chi connectivity index (χ2v) is 6.50. The minimum Gasteiger partial charge on any atom is -0.481 e. The maximum Gasteiger partial charge on any atom is 0.416 e. The predicted octanol–water partition coefficient (Wildman–Crippen LogP) is 4.10. The molecular weight excluding hydrogens is 383 g/mol. The normalized spacial score (nSPS) is 12.4. The van der Waals surface area contributed by atoms with Crippen molar-refractivity contribution < 1.29 is 27.9 Å². The Morgan fingerprint density at radius 2 is 1.74 bits per heavy atom. The first kappa shape index (κ1) is 20.8. The summed E-state index contributed by atoms with van der Waals surface area (Å²) in [5.41, 5.74) is 0.143. The number of amides is 1. The molecule has 8 heteroatoms. The molecule has 0 fully saturated rings. The molecule has 144 valence electrons. The van der Waals surface area contributed by atoms with Crippen LogP contribution in [0.25, 0.3) is 0 Å². The van der Waals surface area contributed by atoms with Gasteiger partial charge in [-0.25, -0.2) is 0 Å². The summed E-state index contributed by atoms with van der Waals surface area (Å²) in [6.07, 6.45) is -4.82. The fraction of sp³-hybridized carbons (Fsp3) is 0.263. The van der Waals surface area contributed by atoms with Crippen molar-refractivity contribution >= 4 is 23.5 Å². The van der Waals surface area contributed by atoms with Gasteiger partial charge in [0.1, 0.15) is 0 Å². The third kappa shape index (κ3) is 6.94. The first-order valence-corrected chi connectivity index (χ1v) is 8.43. The number of alkyl halides is 3. The standard InChI is InChI=1S/C19H17ClF3NO3/c20-15-6-4-12(5-7-15)9-16(11-18(26)27)24-17(25)10-13-2-1-3-14(8-13)19(21,22)23/h1-8,16H,9-11H2,(H,24,25)(H,26,27)/t16-/m0/s1. The summed E-state index contributed by atoms with van der Waals surface area (Å²) in [6, 6.07) is 10.5. The van der Waals surface area contributed by atoms with E-state index in [-0.39, 0.29) is 24.8 Å². The lowest BCUT2D eigenvalue weighted by Crippen LogP contribution is -2.39. The van der Waals surface area contributed by atoms with Crippen molar-refractivity contribution in [2.75, 3.05) is 0 Å². The maximum atomic E-state index is 12.8. The van der Waals surface area contributed by atoms with Crippen LogP contribution < -0.4 is 5.32 Å². The van der Waals surface area contributed by atoms with Crippen molar-refractivity contribution in [2.24, 2.45) is 0 Å². The molecule has 0 radical (unpaired) electrons.